The van der Waals surface area contributed by atoms with Crippen molar-refractivity contribution in [2.45, 2.75) is 31.9 Å². The van der Waals surface area contributed by atoms with Gasteiger partial charge < -0.3 is 14.8 Å². The van der Waals surface area contributed by atoms with Crippen molar-refractivity contribution in [2.75, 3.05) is 20.3 Å². The van der Waals surface area contributed by atoms with E-state index in [0.29, 0.717) is 12.6 Å². The largest absolute Gasteiger partial charge is 0.487 e. The molecule has 0 bridgehead atoms. The minimum absolute atomic E-state index is 0.0856. The summed E-state index contributed by atoms with van der Waals surface area (Å²) in [6.45, 7) is 3.54. The number of rotatable bonds is 7. The predicted octanol–water partition coefficient (Wildman–Crippen LogP) is 2.14. The topological polar surface area (TPSA) is 30.5 Å². The van der Waals surface area contributed by atoms with Gasteiger partial charge >= 0.3 is 0 Å². The van der Waals surface area contributed by atoms with Crippen molar-refractivity contribution in [1.29, 1.82) is 0 Å². The molecule has 2 rings (SSSR count). The van der Waals surface area contributed by atoms with Crippen LogP contribution in [-0.4, -0.2) is 32.4 Å². The molecule has 0 amide bonds. The van der Waals surface area contributed by atoms with Crippen LogP contribution >= 0.6 is 0 Å². The Labute approximate surface area is 103 Å². The van der Waals surface area contributed by atoms with Crippen molar-refractivity contribution in [3.8, 4) is 5.75 Å². The van der Waals surface area contributed by atoms with Crippen molar-refractivity contribution >= 4 is 0 Å². The van der Waals surface area contributed by atoms with Gasteiger partial charge in [-0.05, 0) is 37.5 Å². The molecule has 1 fully saturated rings. The highest BCUT2D eigenvalue weighted by Crippen LogP contribution is 2.19. The fourth-order valence-electron chi connectivity index (χ4n) is 1.79. The molecule has 1 atom stereocenters. The summed E-state index contributed by atoms with van der Waals surface area (Å²) in [5, 5.41) is 3.47. The van der Waals surface area contributed by atoms with Crippen molar-refractivity contribution in [2.24, 2.45) is 0 Å². The van der Waals surface area contributed by atoms with Crippen molar-refractivity contribution in [1.82, 2.24) is 5.32 Å². The van der Waals surface area contributed by atoms with Crippen molar-refractivity contribution in [3.63, 3.8) is 0 Å². The molecule has 0 saturated heterocycles. The van der Waals surface area contributed by atoms with Crippen LogP contribution in [0.5, 0.6) is 5.75 Å². The van der Waals surface area contributed by atoms with E-state index in [9.17, 15) is 0 Å². The third-order valence-electron chi connectivity index (χ3n) is 2.86. The summed E-state index contributed by atoms with van der Waals surface area (Å²) < 4.78 is 11.1. The van der Waals surface area contributed by atoms with Crippen molar-refractivity contribution < 1.29 is 9.47 Å². The summed E-state index contributed by atoms with van der Waals surface area (Å²) in [4.78, 5) is 0. The Morgan fingerprint density at radius 1 is 1.41 bits per heavy atom. The molecule has 0 aliphatic heterocycles. The molecule has 0 aromatic heterocycles. The number of aryl methyl sites for hydroxylation is 1. The fourth-order valence-corrected chi connectivity index (χ4v) is 1.79. The normalized spacial score (nSPS) is 16.8. The maximum Gasteiger partial charge on any atom is 0.134 e. The van der Waals surface area contributed by atoms with E-state index >= 15 is 0 Å². The van der Waals surface area contributed by atoms with Crippen LogP contribution in [0.2, 0.25) is 0 Å². The maximum atomic E-state index is 5.93. The lowest BCUT2D eigenvalue weighted by atomic mass is 10.2. The molecular formula is C14H21NO2. The number of hydrogen-bond acceptors (Lipinski definition) is 3. The van der Waals surface area contributed by atoms with Gasteiger partial charge in [0.15, 0.2) is 0 Å². The third-order valence-corrected chi connectivity index (χ3v) is 2.86. The average Bonchev–Trinajstić information content (AvgIpc) is 3.10. The quantitative estimate of drug-likeness (QED) is 0.785. The highest BCUT2D eigenvalue weighted by atomic mass is 16.5. The van der Waals surface area contributed by atoms with Gasteiger partial charge in [0.1, 0.15) is 11.9 Å². The Hall–Kier alpha value is -1.06. The first-order chi connectivity index (χ1) is 8.28. The first kappa shape index (κ1) is 12.4. The predicted molar refractivity (Wildman–Crippen MR) is 68.5 cm³/mol. The van der Waals surface area contributed by atoms with Gasteiger partial charge in [-0.15, -0.1) is 0 Å². The van der Waals surface area contributed by atoms with Crippen LogP contribution in [0.15, 0.2) is 24.3 Å². The van der Waals surface area contributed by atoms with Gasteiger partial charge in [0.25, 0.3) is 0 Å². The second-order valence-electron chi connectivity index (χ2n) is 4.69. The monoisotopic (exact) mass is 235 g/mol. The van der Waals surface area contributed by atoms with E-state index in [2.05, 4.69) is 24.4 Å². The molecule has 1 aromatic carbocycles. The number of nitrogens with one attached hydrogen (secondary N) is 1. The summed E-state index contributed by atoms with van der Waals surface area (Å²) in [6.07, 6.45) is 2.68. The molecule has 1 aliphatic carbocycles. The SMILES string of the molecule is COCC(CNC1CC1)Oc1cccc(C)c1. The first-order valence-corrected chi connectivity index (χ1v) is 6.23. The molecule has 3 nitrogen and oxygen atoms in total. The minimum atomic E-state index is 0.0856. The molecule has 94 valence electrons. The van der Waals surface area contributed by atoms with Crippen molar-refractivity contribution in [3.05, 3.63) is 29.8 Å². The Morgan fingerprint density at radius 3 is 2.88 bits per heavy atom. The zero-order valence-electron chi connectivity index (χ0n) is 10.6. The smallest absolute Gasteiger partial charge is 0.134 e. The molecular weight excluding hydrogens is 214 g/mol. The number of methoxy groups -OCH3 is 1. The van der Waals surface area contributed by atoms with Gasteiger partial charge in [-0.1, -0.05) is 12.1 Å². The Balaban J connectivity index is 1.86. The van der Waals surface area contributed by atoms with Gasteiger partial charge in [-0.25, -0.2) is 0 Å². The Bertz CT molecular complexity index is 350. The molecule has 1 aliphatic rings. The van der Waals surface area contributed by atoms with Gasteiger partial charge in [0.05, 0.1) is 6.61 Å². The molecule has 1 N–H and O–H groups in total. The van der Waals surface area contributed by atoms with Gasteiger partial charge in [0, 0.05) is 19.7 Å². The number of hydrogen-bond donors (Lipinski definition) is 1. The van der Waals surface area contributed by atoms with Crippen LogP contribution < -0.4 is 10.1 Å². The van der Waals surface area contributed by atoms with Crippen LogP contribution in [-0.2, 0) is 4.74 Å². The maximum absolute atomic E-state index is 5.93. The molecule has 0 heterocycles. The lowest BCUT2D eigenvalue weighted by molar-refractivity contribution is 0.0803. The van der Waals surface area contributed by atoms with E-state index in [4.69, 9.17) is 9.47 Å². The van der Waals surface area contributed by atoms with E-state index in [1.165, 1.54) is 18.4 Å². The van der Waals surface area contributed by atoms with Crippen LogP contribution in [0.4, 0.5) is 0 Å². The second-order valence-corrected chi connectivity index (χ2v) is 4.69. The van der Waals surface area contributed by atoms with E-state index < -0.39 is 0 Å². The van der Waals surface area contributed by atoms with Crippen LogP contribution in [0, 0.1) is 6.92 Å². The number of ether oxygens (including phenoxy) is 2. The summed E-state index contributed by atoms with van der Waals surface area (Å²) in [7, 11) is 1.71. The molecule has 0 radical (unpaired) electrons. The molecule has 0 spiro atoms. The van der Waals surface area contributed by atoms with Crippen LogP contribution in [0.3, 0.4) is 0 Å². The number of benzene rings is 1. The van der Waals surface area contributed by atoms with E-state index in [1.54, 1.807) is 7.11 Å². The van der Waals surface area contributed by atoms with Gasteiger partial charge in [-0.2, -0.15) is 0 Å². The summed E-state index contributed by atoms with van der Waals surface area (Å²) in [6, 6.07) is 8.84. The lowest BCUT2D eigenvalue weighted by Gasteiger charge is -2.19. The summed E-state index contributed by atoms with van der Waals surface area (Å²) in [5.74, 6) is 0.921. The summed E-state index contributed by atoms with van der Waals surface area (Å²) in [5.41, 5.74) is 1.22. The molecule has 17 heavy (non-hydrogen) atoms. The second kappa shape index (κ2) is 6.03. The molecule has 1 aromatic rings. The lowest BCUT2D eigenvalue weighted by Crippen LogP contribution is -2.35. The summed E-state index contributed by atoms with van der Waals surface area (Å²) >= 11 is 0. The fraction of sp³-hybridized carbons (Fsp3) is 0.571. The Morgan fingerprint density at radius 2 is 2.24 bits per heavy atom. The zero-order chi connectivity index (χ0) is 12.1. The van der Waals surface area contributed by atoms with E-state index in [1.807, 2.05) is 12.1 Å². The molecule has 1 unspecified atom stereocenters. The van der Waals surface area contributed by atoms with Gasteiger partial charge in [-0.3, -0.25) is 0 Å². The van der Waals surface area contributed by atoms with E-state index in [0.717, 1.165) is 12.3 Å². The standard InChI is InChI=1S/C14H21NO2/c1-11-4-3-5-13(8-11)17-14(10-16-2)9-15-12-6-7-12/h3-5,8,12,14-15H,6-7,9-10H2,1-2H3. The van der Waals surface area contributed by atoms with Crippen LogP contribution in [0.25, 0.3) is 0 Å². The highest BCUT2D eigenvalue weighted by Gasteiger charge is 2.22. The average molecular weight is 235 g/mol. The first-order valence-electron chi connectivity index (χ1n) is 6.23. The minimum Gasteiger partial charge on any atom is -0.487 e. The zero-order valence-corrected chi connectivity index (χ0v) is 10.6. The molecule has 1 saturated carbocycles. The van der Waals surface area contributed by atoms with Gasteiger partial charge in [0.2, 0.25) is 0 Å². The highest BCUT2D eigenvalue weighted by molar-refractivity contribution is 5.27. The van der Waals surface area contributed by atoms with E-state index in [-0.39, 0.29) is 6.10 Å². The Kier molecular flexibility index (Phi) is 4.40. The third kappa shape index (κ3) is 4.36. The molecule has 3 heteroatoms. The van der Waals surface area contributed by atoms with Crippen LogP contribution in [0.1, 0.15) is 18.4 Å².